The summed E-state index contributed by atoms with van der Waals surface area (Å²) in [7, 11) is 1.61. The molecule has 1 saturated carbocycles. The number of ether oxygens (including phenoxy) is 3. The van der Waals surface area contributed by atoms with Crippen molar-refractivity contribution in [2.24, 2.45) is 5.92 Å². The van der Waals surface area contributed by atoms with Crippen molar-refractivity contribution in [3.8, 4) is 5.75 Å². The van der Waals surface area contributed by atoms with Gasteiger partial charge in [0.2, 0.25) is 0 Å². The first-order valence-electron chi connectivity index (χ1n) is 9.97. The van der Waals surface area contributed by atoms with Crippen LogP contribution in [0.4, 0.5) is 5.69 Å². The van der Waals surface area contributed by atoms with Gasteiger partial charge in [0.1, 0.15) is 11.4 Å². The van der Waals surface area contributed by atoms with Crippen molar-refractivity contribution >= 4 is 17.5 Å². The minimum Gasteiger partial charge on any atom is -0.484 e. The first-order chi connectivity index (χ1) is 13.5. The molecule has 2 amide bonds. The molecule has 2 fully saturated rings. The Morgan fingerprint density at radius 3 is 2.61 bits per heavy atom. The predicted octanol–water partition coefficient (Wildman–Crippen LogP) is 2.46. The van der Waals surface area contributed by atoms with Crippen molar-refractivity contribution in [2.45, 2.75) is 38.2 Å². The maximum Gasteiger partial charge on any atom is 0.260 e. The SMILES string of the molecule is CO[C@@]1(C(=O)Nc2ccc(OCC(=O)N3CCOCC3)cc2)CCC[C@H](C)C1. The van der Waals surface area contributed by atoms with Crippen LogP contribution in [0.5, 0.6) is 5.75 Å². The number of hydrogen-bond donors (Lipinski definition) is 1. The Balaban J connectivity index is 1.52. The van der Waals surface area contributed by atoms with Crippen molar-refractivity contribution < 1.29 is 23.8 Å². The average molecular weight is 390 g/mol. The van der Waals surface area contributed by atoms with Crippen LogP contribution in [0.2, 0.25) is 0 Å². The predicted molar refractivity (Wildman–Crippen MR) is 105 cm³/mol. The second kappa shape index (κ2) is 9.39. The summed E-state index contributed by atoms with van der Waals surface area (Å²) in [6.07, 6.45) is 3.60. The van der Waals surface area contributed by atoms with Crippen LogP contribution >= 0.6 is 0 Å². The quantitative estimate of drug-likeness (QED) is 0.807. The van der Waals surface area contributed by atoms with Gasteiger partial charge in [0.25, 0.3) is 11.8 Å². The number of benzene rings is 1. The second-order valence-electron chi connectivity index (χ2n) is 7.66. The fourth-order valence-corrected chi connectivity index (χ4v) is 3.92. The van der Waals surface area contributed by atoms with E-state index in [0.717, 1.165) is 25.7 Å². The van der Waals surface area contributed by atoms with Crippen molar-refractivity contribution in [3.63, 3.8) is 0 Å². The van der Waals surface area contributed by atoms with E-state index in [2.05, 4.69) is 12.2 Å². The first kappa shape index (κ1) is 20.6. The lowest BCUT2D eigenvalue weighted by Crippen LogP contribution is -2.47. The van der Waals surface area contributed by atoms with E-state index < -0.39 is 5.60 Å². The summed E-state index contributed by atoms with van der Waals surface area (Å²) in [5.41, 5.74) is -0.0660. The van der Waals surface area contributed by atoms with Gasteiger partial charge in [-0.25, -0.2) is 0 Å². The zero-order valence-corrected chi connectivity index (χ0v) is 16.7. The molecule has 0 spiro atoms. The number of carbonyl (C=O) groups is 2. The zero-order valence-electron chi connectivity index (χ0n) is 16.7. The normalized spacial score (nSPS) is 25.2. The summed E-state index contributed by atoms with van der Waals surface area (Å²) >= 11 is 0. The van der Waals surface area contributed by atoms with Gasteiger partial charge in [-0.15, -0.1) is 0 Å². The van der Waals surface area contributed by atoms with Crippen LogP contribution in [0.1, 0.15) is 32.6 Å². The highest BCUT2D eigenvalue weighted by Gasteiger charge is 2.41. The third-order valence-electron chi connectivity index (χ3n) is 5.60. The number of nitrogens with zero attached hydrogens (tertiary/aromatic N) is 1. The number of hydrogen-bond acceptors (Lipinski definition) is 5. The Kier molecular flexibility index (Phi) is 6.91. The summed E-state index contributed by atoms with van der Waals surface area (Å²) in [5.74, 6) is 0.915. The van der Waals surface area contributed by atoms with Gasteiger partial charge < -0.3 is 24.4 Å². The van der Waals surface area contributed by atoms with Crippen LogP contribution in [0.25, 0.3) is 0 Å². The van der Waals surface area contributed by atoms with Gasteiger partial charge in [0.05, 0.1) is 13.2 Å². The average Bonchev–Trinajstić information content (AvgIpc) is 2.73. The highest BCUT2D eigenvalue weighted by molar-refractivity contribution is 5.97. The van der Waals surface area contributed by atoms with E-state index in [4.69, 9.17) is 14.2 Å². The molecule has 2 atom stereocenters. The minimum absolute atomic E-state index is 0.00359. The second-order valence-corrected chi connectivity index (χ2v) is 7.66. The Hall–Kier alpha value is -2.12. The van der Waals surface area contributed by atoms with Crippen molar-refractivity contribution in [1.82, 2.24) is 4.90 Å². The Labute approximate surface area is 166 Å². The fraction of sp³-hybridized carbons (Fsp3) is 0.619. The summed E-state index contributed by atoms with van der Waals surface area (Å²) < 4.78 is 16.5. The van der Waals surface area contributed by atoms with Gasteiger partial charge >= 0.3 is 0 Å². The van der Waals surface area contributed by atoms with Gasteiger partial charge in [-0.3, -0.25) is 9.59 Å². The zero-order chi connectivity index (χ0) is 20.0. The maximum atomic E-state index is 12.8. The summed E-state index contributed by atoms with van der Waals surface area (Å²) in [6, 6.07) is 7.07. The largest absolute Gasteiger partial charge is 0.484 e. The molecular formula is C21H30N2O5. The highest BCUT2D eigenvalue weighted by Crippen LogP contribution is 2.35. The van der Waals surface area contributed by atoms with Gasteiger partial charge in [0.15, 0.2) is 6.61 Å². The Morgan fingerprint density at radius 2 is 1.96 bits per heavy atom. The van der Waals surface area contributed by atoms with Gasteiger partial charge in [-0.2, -0.15) is 0 Å². The lowest BCUT2D eigenvalue weighted by Gasteiger charge is -2.37. The van der Waals surface area contributed by atoms with Gasteiger partial charge in [-0.1, -0.05) is 13.3 Å². The van der Waals surface area contributed by atoms with E-state index in [9.17, 15) is 9.59 Å². The number of carbonyl (C=O) groups excluding carboxylic acids is 2. The molecule has 1 aliphatic heterocycles. The molecule has 7 heteroatoms. The molecule has 0 aromatic heterocycles. The molecule has 1 aliphatic carbocycles. The van der Waals surface area contributed by atoms with Crippen molar-refractivity contribution in [1.29, 1.82) is 0 Å². The van der Waals surface area contributed by atoms with E-state index in [-0.39, 0.29) is 18.4 Å². The highest BCUT2D eigenvalue weighted by atomic mass is 16.5. The molecule has 2 aliphatic rings. The van der Waals surface area contributed by atoms with Crippen molar-refractivity contribution in [3.05, 3.63) is 24.3 Å². The topological polar surface area (TPSA) is 77.1 Å². The minimum atomic E-state index is -0.753. The number of morpholine rings is 1. The van der Waals surface area contributed by atoms with E-state index in [1.807, 2.05) is 0 Å². The monoisotopic (exact) mass is 390 g/mol. The number of rotatable bonds is 6. The van der Waals surface area contributed by atoms with E-state index in [0.29, 0.717) is 43.7 Å². The number of amides is 2. The maximum absolute atomic E-state index is 12.8. The molecule has 0 radical (unpaired) electrons. The number of methoxy groups -OCH3 is 1. The van der Waals surface area contributed by atoms with E-state index >= 15 is 0 Å². The molecule has 154 valence electrons. The molecule has 28 heavy (non-hydrogen) atoms. The molecule has 7 nitrogen and oxygen atoms in total. The molecule has 1 heterocycles. The molecule has 0 unspecified atom stereocenters. The number of nitrogens with one attached hydrogen (secondary N) is 1. The standard InChI is InChI=1S/C21H30N2O5/c1-16-4-3-9-21(14-16,26-2)20(25)22-17-5-7-18(8-6-17)28-15-19(24)23-10-12-27-13-11-23/h5-8,16H,3-4,9-15H2,1-2H3,(H,22,25)/t16-,21-/m0/s1. The lowest BCUT2D eigenvalue weighted by molar-refractivity contribution is -0.143. The molecule has 0 bridgehead atoms. The van der Waals surface area contributed by atoms with Crippen molar-refractivity contribution in [2.75, 3.05) is 45.3 Å². The van der Waals surface area contributed by atoms with Crippen LogP contribution in [0.3, 0.4) is 0 Å². The summed E-state index contributed by atoms with van der Waals surface area (Å²) in [5, 5.41) is 2.96. The fourth-order valence-electron chi connectivity index (χ4n) is 3.92. The van der Waals surface area contributed by atoms with Crippen LogP contribution in [0.15, 0.2) is 24.3 Å². The van der Waals surface area contributed by atoms with Gasteiger partial charge in [-0.05, 0) is 49.4 Å². The van der Waals surface area contributed by atoms with E-state index in [1.165, 1.54) is 0 Å². The van der Waals surface area contributed by atoms with Crippen LogP contribution in [-0.2, 0) is 19.1 Å². The molecule has 3 rings (SSSR count). The molecule has 1 saturated heterocycles. The third kappa shape index (κ3) is 5.02. The Bertz CT molecular complexity index is 672. The molecule has 1 N–H and O–H groups in total. The molecular weight excluding hydrogens is 360 g/mol. The van der Waals surface area contributed by atoms with Gasteiger partial charge in [0, 0.05) is 25.9 Å². The third-order valence-corrected chi connectivity index (χ3v) is 5.60. The van der Waals surface area contributed by atoms with Crippen LogP contribution in [0, 0.1) is 5.92 Å². The van der Waals surface area contributed by atoms with E-state index in [1.54, 1.807) is 36.3 Å². The summed E-state index contributed by atoms with van der Waals surface area (Å²) in [4.78, 5) is 26.7. The molecule has 1 aromatic carbocycles. The first-order valence-corrected chi connectivity index (χ1v) is 9.97. The molecule has 1 aromatic rings. The lowest BCUT2D eigenvalue weighted by atomic mass is 9.78. The summed E-state index contributed by atoms with van der Waals surface area (Å²) in [6.45, 7) is 4.50. The Morgan fingerprint density at radius 1 is 1.25 bits per heavy atom. The van der Waals surface area contributed by atoms with Crippen LogP contribution in [-0.4, -0.2) is 62.3 Å². The number of anilines is 1. The smallest absolute Gasteiger partial charge is 0.260 e. The van der Waals surface area contributed by atoms with Crippen LogP contribution < -0.4 is 10.1 Å².